The number of benzene rings is 2. The maximum Gasteiger partial charge on any atom is 0.416 e. The van der Waals surface area contributed by atoms with Gasteiger partial charge in [-0.25, -0.2) is 5.43 Å². The van der Waals surface area contributed by atoms with Gasteiger partial charge in [0.2, 0.25) is 11.9 Å². The number of aliphatic imine (C=N–C) groups is 1. The largest absolute Gasteiger partial charge is 0.416 e. The van der Waals surface area contributed by atoms with Crippen LogP contribution in [-0.2, 0) is 17.1 Å². The molecule has 2 aromatic rings. The highest BCUT2D eigenvalue weighted by atomic mass is 19.4. The first-order valence-corrected chi connectivity index (χ1v) is 11.5. The van der Waals surface area contributed by atoms with E-state index >= 15 is 0 Å². The Morgan fingerprint density at radius 1 is 0.895 bits per heavy atom. The van der Waals surface area contributed by atoms with Crippen LogP contribution in [0.5, 0.6) is 0 Å². The highest BCUT2D eigenvalue weighted by molar-refractivity contribution is 6.09. The first-order valence-electron chi connectivity index (χ1n) is 11.5. The van der Waals surface area contributed by atoms with E-state index in [9.17, 15) is 31.1 Å². The van der Waals surface area contributed by atoms with E-state index in [1.54, 1.807) is 0 Å². The van der Waals surface area contributed by atoms with Crippen molar-refractivity contribution in [3.63, 3.8) is 0 Å². The molecular weight excluding hydrogens is 510 g/mol. The monoisotopic (exact) mass is 536 g/mol. The van der Waals surface area contributed by atoms with Crippen LogP contribution in [0.1, 0.15) is 43.0 Å². The Bertz CT molecular complexity index is 1180. The molecular formula is C27H26F6N4O. The predicted molar refractivity (Wildman–Crippen MR) is 135 cm³/mol. The van der Waals surface area contributed by atoms with Crippen LogP contribution >= 0.6 is 0 Å². The van der Waals surface area contributed by atoms with Crippen LogP contribution in [0.4, 0.5) is 26.3 Å². The van der Waals surface area contributed by atoms with Crippen molar-refractivity contribution in [3.8, 4) is 0 Å². The number of rotatable bonds is 5. The average Bonchev–Trinajstić information content (AvgIpc) is 2.83. The number of amides is 1. The zero-order valence-electron chi connectivity index (χ0n) is 20.9. The molecule has 2 aromatic carbocycles. The fraction of sp³-hybridized carbons (Fsp3) is 0.296. The Hall–Kier alpha value is -3.89. The quantitative estimate of drug-likeness (QED) is 0.265. The summed E-state index contributed by atoms with van der Waals surface area (Å²) in [5.41, 5.74) is 2.19. The third-order valence-corrected chi connectivity index (χ3v) is 5.53. The van der Waals surface area contributed by atoms with Gasteiger partial charge in [0.1, 0.15) is 0 Å². The standard InChI is InChI=1S/C27H26F6N4O/c1-18(38)37-17-25(2,3)16-34-24(37)36-35-23(14-8-19-4-10-21(11-5-19)26(28,29)30)15-9-20-6-12-22(13-7-20)27(31,32)33/h4-15H,16-17H2,1-3H3,(H,34,36). The number of nitrogens with zero attached hydrogens (tertiary/aromatic N) is 3. The van der Waals surface area contributed by atoms with Crippen molar-refractivity contribution in [2.45, 2.75) is 33.1 Å². The summed E-state index contributed by atoms with van der Waals surface area (Å²) < 4.78 is 77.1. The summed E-state index contributed by atoms with van der Waals surface area (Å²) in [7, 11) is 0. The average molecular weight is 537 g/mol. The highest BCUT2D eigenvalue weighted by Crippen LogP contribution is 2.30. The predicted octanol–water partition coefficient (Wildman–Crippen LogP) is 6.64. The van der Waals surface area contributed by atoms with Crippen LogP contribution in [0.15, 0.2) is 70.8 Å². The number of halogens is 6. The molecule has 0 fully saturated rings. The first kappa shape index (κ1) is 28.7. The van der Waals surface area contributed by atoms with Crippen molar-refractivity contribution < 1.29 is 31.1 Å². The maximum absolute atomic E-state index is 12.8. The van der Waals surface area contributed by atoms with Crippen LogP contribution in [0.3, 0.4) is 0 Å². The van der Waals surface area contributed by atoms with E-state index in [-0.39, 0.29) is 23.0 Å². The Labute approximate surface area is 216 Å². The molecule has 1 N–H and O–H groups in total. The second-order valence-electron chi connectivity index (χ2n) is 9.46. The fourth-order valence-corrected chi connectivity index (χ4v) is 3.46. The van der Waals surface area contributed by atoms with Gasteiger partial charge in [0.25, 0.3) is 0 Å². The Morgan fingerprint density at radius 2 is 1.34 bits per heavy atom. The minimum absolute atomic E-state index is 0.228. The van der Waals surface area contributed by atoms with Gasteiger partial charge in [-0.1, -0.05) is 50.3 Å². The van der Waals surface area contributed by atoms with Gasteiger partial charge in [-0.05, 0) is 47.5 Å². The van der Waals surface area contributed by atoms with E-state index in [1.165, 1.54) is 60.4 Å². The molecule has 0 aliphatic carbocycles. The summed E-state index contributed by atoms with van der Waals surface area (Å²) in [5.74, 6) is 0.00144. The molecule has 1 amide bonds. The number of hydrogen-bond donors (Lipinski definition) is 1. The maximum atomic E-state index is 12.8. The molecule has 202 valence electrons. The lowest BCUT2D eigenvalue weighted by atomic mass is 9.92. The molecule has 1 aliphatic heterocycles. The Morgan fingerprint density at radius 3 is 1.74 bits per heavy atom. The van der Waals surface area contributed by atoms with Crippen molar-refractivity contribution in [1.82, 2.24) is 10.3 Å². The SMILES string of the molecule is CC(=O)N1CC(C)(C)CN=C1NN=C(C=Cc1ccc(C(F)(F)F)cc1)C=Cc1ccc(C(F)(F)F)cc1. The number of carbonyl (C=O) groups excluding carboxylic acids is 1. The van der Waals surface area contributed by atoms with E-state index in [2.05, 4.69) is 15.5 Å². The number of hydrogen-bond acceptors (Lipinski definition) is 4. The number of carbonyl (C=O) groups is 1. The molecule has 0 bridgehead atoms. The molecule has 11 heteroatoms. The van der Waals surface area contributed by atoms with E-state index in [0.29, 0.717) is 24.2 Å². The summed E-state index contributed by atoms with van der Waals surface area (Å²) in [6.07, 6.45) is -2.82. The van der Waals surface area contributed by atoms with Gasteiger partial charge in [0, 0.05) is 25.4 Å². The molecule has 0 unspecified atom stereocenters. The molecule has 1 heterocycles. The van der Waals surface area contributed by atoms with Crippen LogP contribution < -0.4 is 5.43 Å². The molecule has 38 heavy (non-hydrogen) atoms. The lowest BCUT2D eigenvalue weighted by Crippen LogP contribution is -2.51. The topological polar surface area (TPSA) is 57.1 Å². The molecule has 0 aromatic heterocycles. The van der Waals surface area contributed by atoms with E-state index in [1.807, 2.05) is 13.8 Å². The summed E-state index contributed by atoms with van der Waals surface area (Å²) in [6, 6.07) is 9.02. The van der Waals surface area contributed by atoms with Gasteiger partial charge in [-0.2, -0.15) is 31.4 Å². The number of nitrogens with one attached hydrogen (secondary N) is 1. The van der Waals surface area contributed by atoms with Gasteiger partial charge < -0.3 is 0 Å². The van der Waals surface area contributed by atoms with Gasteiger partial charge >= 0.3 is 12.4 Å². The van der Waals surface area contributed by atoms with Crippen molar-refractivity contribution in [1.29, 1.82) is 0 Å². The lowest BCUT2D eigenvalue weighted by Gasteiger charge is -2.35. The van der Waals surface area contributed by atoms with Crippen molar-refractivity contribution in [2.75, 3.05) is 13.1 Å². The molecule has 0 spiro atoms. The number of allylic oxidation sites excluding steroid dienone is 2. The van der Waals surface area contributed by atoms with Crippen LogP contribution in [0.25, 0.3) is 12.2 Å². The van der Waals surface area contributed by atoms with Gasteiger partial charge in [0.05, 0.1) is 16.8 Å². The first-order chi connectivity index (χ1) is 17.6. The summed E-state index contributed by atoms with van der Waals surface area (Å²) in [4.78, 5) is 18.0. The molecule has 0 saturated carbocycles. The molecule has 1 aliphatic rings. The van der Waals surface area contributed by atoms with Gasteiger partial charge in [-0.3, -0.25) is 14.7 Å². The summed E-state index contributed by atoms with van der Waals surface area (Å²) in [5, 5.41) is 4.28. The second kappa shape index (κ2) is 11.2. The highest BCUT2D eigenvalue weighted by Gasteiger charge is 2.32. The normalized spacial score (nSPS) is 16.0. The molecule has 0 atom stereocenters. The third-order valence-electron chi connectivity index (χ3n) is 5.53. The summed E-state index contributed by atoms with van der Waals surface area (Å²) >= 11 is 0. The van der Waals surface area contributed by atoms with Gasteiger partial charge in [0.15, 0.2) is 0 Å². The summed E-state index contributed by atoms with van der Waals surface area (Å²) in [6.45, 7) is 6.21. The van der Waals surface area contributed by atoms with Crippen molar-refractivity contribution in [3.05, 3.63) is 82.9 Å². The van der Waals surface area contributed by atoms with Crippen molar-refractivity contribution >= 4 is 29.7 Å². The second-order valence-corrected chi connectivity index (χ2v) is 9.46. The van der Waals surface area contributed by atoms with E-state index < -0.39 is 23.5 Å². The molecule has 0 saturated heterocycles. The zero-order valence-corrected chi connectivity index (χ0v) is 20.9. The molecule has 3 rings (SSSR count). The van der Waals surface area contributed by atoms with Crippen LogP contribution in [0.2, 0.25) is 0 Å². The van der Waals surface area contributed by atoms with E-state index in [0.717, 1.165) is 24.3 Å². The van der Waals surface area contributed by atoms with Crippen LogP contribution in [0, 0.1) is 5.41 Å². The fourth-order valence-electron chi connectivity index (χ4n) is 3.46. The lowest BCUT2D eigenvalue weighted by molar-refractivity contribution is -0.138. The number of alkyl halides is 6. The minimum Gasteiger partial charge on any atom is -0.281 e. The van der Waals surface area contributed by atoms with Crippen molar-refractivity contribution in [2.24, 2.45) is 15.5 Å². The van der Waals surface area contributed by atoms with Crippen LogP contribution in [-0.4, -0.2) is 35.6 Å². The minimum atomic E-state index is -4.46. The molecule has 5 nitrogen and oxygen atoms in total. The Kier molecular flexibility index (Phi) is 8.48. The van der Waals surface area contributed by atoms with Gasteiger partial charge in [-0.15, -0.1) is 0 Å². The number of guanidine groups is 1. The Balaban J connectivity index is 1.88. The van der Waals surface area contributed by atoms with E-state index in [4.69, 9.17) is 0 Å². The smallest absolute Gasteiger partial charge is 0.281 e. The number of hydrazone groups is 1. The zero-order chi connectivity index (χ0) is 28.1. The third kappa shape index (κ3) is 8.06. The molecule has 0 radical (unpaired) electrons.